The highest BCUT2D eigenvalue weighted by Crippen LogP contribution is 2.29. The molecule has 1 fully saturated rings. The van der Waals surface area contributed by atoms with Crippen LogP contribution in [0.2, 0.25) is 0 Å². The lowest BCUT2D eigenvalue weighted by Crippen LogP contribution is -2.24. The standard InChI is InChI=1S/C15H20N4O2/c1-19(4-5-21-8-10-2-3-10)14-7-13-11(6-12(14)16)15(20)18-9-17-13/h6-7,9-10H,2-5,8,16H2,1H3,(H,17,18,20). The molecule has 1 aliphatic rings. The molecule has 21 heavy (non-hydrogen) atoms. The lowest BCUT2D eigenvalue weighted by atomic mass is 10.2. The molecule has 0 unspecified atom stereocenters. The van der Waals surface area contributed by atoms with E-state index in [4.69, 9.17) is 10.5 Å². The predicted octanol–water partition coefficient (Wildman–Crippen LogP) is 1.37. The second kappa shape index (κ2) is 5.73. The van der Waals surface area contributed by atoms with E-state index in [9.17, 15) is 4.79 Å². The van der Waals surface area contributed by atoms with Gasteiger partial charge in [0.2, 0.25) is 0 Å². The summed E-state index contributed by atoms with van der Waals surface area (Å²) in [7, 11) is 1.96. The van der Waals surface area contributed by atoms with Gasteiger partial charge in [0.15, 0.2) is 0 Å². The van der Waals surface area contributed by atoms with Crippen LogP contribution in [-0.2, 0) is 4.74 Å². The highest BCUT2D eigenvalue weighted by molar-refractivity contribution is 5.88. The van der Waals surface area contributed by atoms with E-state index in [-0.39, 0.29) is 5.56 Å². The van der Waals surface area contributed by atoms with Gasteiger partial charge < -0.3 is 20.4 Å². The SMILES string of the molecule is CN(CCOCC1CC1)c1cc2nc[nH]c(=O)c2cc1N. The zero-order valence-corrected chi connectivity index (χ0v) is 12.1. The molecule has 1 aliphatic carbocycles. The van der Waals surface area contributed by atoms with E-state index in [1.807, 2.05) is 18.0 Å². The third kappa shape index (κ3) is 3.16. The molecule has 3 rings (SSSR count). The van der Waals surface area contributed by atoms with Crippen LogP contribution in [0.3, 0.4) is 0 Å². The van der Waals surface area contributed by atoms with Crippen LogP contribution in [0.5, 0.6) is 0 Å². The van der Waals surface area contributed by atoms with Crippen molar-refractivity contribution in [1.29, 1.82) is 0 Å². The fraction of sp³-hybridized carbons (Fsp3) is 0.467. The zero-order chi connectivity index (χ0) is 14.8. The van der Waals surface area contributed by atoms with Gasteiger partial charge in [0, 0.05) is 20.2 Å². The molecule has 0 bridgehead atoms. The van der Waals surface area contributed by atoms with Crippen molar-refractivity contribution < 1.29 is 4.74 Å². The molecule has 2 aromatic rings. The van der Waals surface area contributed by atoms with E-state index >= 15 is 0 Å². The summed E-state index contributed by atoms with van der Waals surface area (Å²) in [6.07, 6.45) is 4.00. The van der Waals surface area contributed by atoms with Gasteiger partial charge in [-0.1, -0.05) is 0 Å². The van der Waals surface area contributed by atoms with Crippen molar-refractivity contribution in [2.75, 3.05) is 37.4 Å². The molecule has 0 atom stereocenters. The maximum atomic E-state index is 11.7. The number of aromatic nitrogens is 2. The first-order chi connectivity index (χ1) is 10.1. The van der Waals surface area contributed by atoms with E-state index in [1.165, 1.54) is 19.2 Å². The van der Waals surface area contributed by atoms with Crippen molar-refractivity contribution >= 4 is 22.3 Å². The number of H-pyrrole nitrogens is 1. The molecule has 1 saturated carbocycles. The van der Waals surface area contributed by atoms with Gasteiger partial charge in [0.05, 0.1) is 35.2 Å². The number of nitrogen functional groups attached to an aromatic ring is 1. The molecular formula is C15H20N4O2. The summed E-state index contributed by atoms with van der Waals surface area (Å²) >= 11 is 0. The monoisotopic (exact) mass is 288 g/mol. The van der Waals surface area contributed by atoms with Gasteiger partial charge in [-0.05, 0) is 30.9 Å². The minimum absolute atomic E-state index is 0.173. The van der Waals surface area contributed by atoms with Gasteiger partial charge in [0.1, 0.15) is 0 Å². The number of nitrogens with one attached hydrogen (secondary N) is 1. The minimum Gasteiger partial charge on any atom is -0.397 e. The van der Waals surface area contributed by atoms with Crippen molar-refractivity contribution in [3.8, 4) is 0 Å². The summed E-state index contributed by atoms with van der Waals surface area (Å²) in [4.78, 5) is 20.5. The van der Waals surface area contributed by atoms with Gasteiger partial charge in [-0.25, -0.2) is 4.98 Å². The normalized spacial score (nSPS) is 14.5. The number of fused-ring (bicyclic) bond motifs is 1. The maximum Gasteiger partial charge on any atom is 0.258 e. The van der Waals surface area contributed by atoms with Gasteiger partial charge in [-0.3, -0.25) is 4.79 Å². The van der Waals surface area contributed by atoms with Crippen LogP contribution in [0.15, 0.2) is 23.3 Å². The molecule has 0 spiro atoms. The Labute approximate surface area is 122 Å². The molecule has 6 nitrogen and oxygen atoms in total. The van der Waals surface area contributed by atoms with Crippen molar-refractivity contribution in [2.45, 2.75) is 12.8 Å². The Kier molecular flexibility index (Phi) is 3.79. The topological polar surface area (TPSA) is 84.2 Å². The van der Waals surface area contributed by atoms with E-state index < -0.39 is 0 Å². The fourth-order valence-electron chi connectivity index (χ4n) is 2.31. The average Bonchev–Trinajstić information content (AvgIpc) is 3.28. The molecule has 6 heteroatoms. The second-order valence-electron chi connectivity index (χ2n) is 5.60. The van der Waals surface area contributed by atoms with Crippen LogP contribution in [-0.4, -0.2) is 36.8 Å². The van der Waals surface area contributed by atoms with Crippen molar-refractivity contribution in [3.63, 3.8) is 0 Å². The molecule has 1 aromatic heterocycles. The molecule has 0 saturated heterocycles. The predicted molar refractivity (Wildman–Crippen MR) is 83.6 cm³/mol. The first-order valence-corrected chi connectivity index (χ1v) is 7.21. The Morgan fingerprint density at radius 1 is 1.48 bits per heavy atom. The molecule has 112 valence electrons. The first kappa shape index (κ1) is 13.9. The summed E-state index contributed by atoms with van der Waals surface area (Å²) in [6.45, 7) is 2.29. The Balaban J connectivity index is 1.72. The Morgan fingerprint density at radius 2 is 2.29 bits per heavy atom. The molecule has 1 aromatic carbocycles. The third-order valence-corrected chi connectivity index (χ3v) is 3.82. The molecule has 1 heterocycles. The van der Waals surface area contributed by atoms with E-state index in [0.29, 0.717) is 23.2 Å². The summed E-state index contributed by atoms with van der Waals surface area (Å²) < 4.78 is 5.64. The van der Waals surface area contributed by atoms with Crippen LogP contribution in [0, 0.1) is 5.92 Å². The largest absolute Gasteiger partial charge is 0.397 e. The molecule has 3 N–H and O–H groups in total. The third-order valence-electron chi connectivity index (χ3n) is 3.82. The molecule has 0 radical (unpaired) electrons. The van der Waals surface area contributed by atoms with Gasteiger partial charge >= 0.3 is 0 Å². The second-order valence-corrected chi connectivity index (χ2v) is 5.60. The highest BCUT2D eigenvalue weighted by Gasteiger charge is 2.21. The quantitative estimate of drug-likeness (QED) is 0.619. The number of hydrogen-bond donors (Lipinski definition) is 2. The number of nitrogens with zero attached hydrogens (tertiary/aromatic N) is 2. The van der Waals surface area contributed by atoms with E-state index in [1.54, 1.807) is 6.07 Å². The average molecular weight is 288 g/mol. The first-order valence-electron chi connectivity index (χ1n) is 7.21. The lowest BCUT2D eigenvalue weighted by Gasteiger charge is -2.21. The summed E-state index contributed by atoms with van der Waals surface area (Å²) in [5.74, 6) is 0.775. The van der Waals surface area contributed by atoms with E-state index in [0.717, 1.165) is 24.8 Å². The minimum atomic E-state index is -0.173. The van der Waals surface area contributed by atoms with Crippen molar-refractivity contribution in [3.05, 3.63) is 28.8 Å². The maximum absolute atomic E-state index is 11.7. The van der Waals surface area contributed by atoms with Crippen LogP contribution < -0.4 is 16.2 Å². The summed E-state index contributed by atoms with van der Waals surface area (Å²) in [6, 6.07) is 3.53. The number of anilines is 2. The zero-order valence-electron chi connectivity index (χ0n) is 12.1. The fourth-order valence-corrected chi connectivity index (χ4v) is 2.31. The molecule has 0 amide bonds. The lowest BCUT2D eigenvalue weighted by molar-refractivity contribution is 0.131. The smallest absolute Gasteiger partial charge is 0.258 e. The number of hydrogen-bond acceptors (Lipinski definition) is 5. The highest BCUT2D eigenvalue weighted by atomic mass is 16.5. The number of ether oxygens (including phenoxy) is 1. The van der Waals surface area contributed by atoms with Crippen molar-refractivity contribution in [2.24, 2.45) is 5.92 Å². The summed E-state index contributed by atoms with van der Waals surface area (Å²) in [5, 5.41) is 0.511. The molecular weight excluding hydrogens is 268 g/mol. The Hall–Kier alpha value is -2.08. The van der Waals surface area contributed by atoms with Crippen molar-refractivity contribution in [1.82, 2.24) is 9.97 Å². The number of rotatable bonds is 6. The number of nitrogens with two attached hydrogens (primary N) is 1. The Morgan fingerprint density at radius 3 is 3.05 bits per heavy atom. The van der Waals surface area contributed by atoms with Crippen LogP contribution in [0.25, 0.3) is 10.9 Å². The Bertz CT molecular complexity index is 694. The number of aromatic amines is 1. The van der Waals surface area contributed by atoms with Gasteiger partial charge in [-0.2, -0.15) is 0 Å². The van der Waals surface area contributed by atoms with Crippen LogP contribution in [0.1, 0.15) is 12.8 Å². The molecule has 0 aliphatic heterocycles. The van der Waals surface area contributed by atoms with Crippen LogP contribution in [0.4, 0.5) is 11.4 Å². The number of likely N-dealkylation sites (N-methyl/N-ethyl adjacent to an activating group) is 1. The van der Waals surface area contributed by atoms with Gasteiger partial charge in [0.25, 0.3) is 5.56 Å². The summed E-state index contributed by atoms with van der Waals surface area (Å²) in [5.41, 5.74) is 7.98. The van der Waals surface area contributed by atoms with E-state index in [2.05, 4.69) is 9.97 Å². The number of benzene rings is 1. The van der Waals surface area contributed by atoms with Gasteiger partial charge in [-0.15, -0.1) is 0 Å². The van der Waals surface area contributed by atoms with Crippen LogP contribution >= 0.6 is 0 Å².